The number of pyridine rings is 2. The van der Waals surface area contributed by atoms with E-state index in [9.17, 15) is 15.0 Å². The Morgan fingerprint density at radius 1 is 1.00 bits per heavy atom. The number of aromatic nitrogens is 2. The SMILES string of the molecule is [N-]=c1cc(N2CCOc3cc(C(=O)N4CCCCC4)cnc32)ccn1C(=O)Cc1ccccc1. The number of rotatable bonds is 4. The fourth-order valence-electron chi connectivity index (χ4n) is 4.46. The van der Waals surface area contributed by atoms with Crippen LogP contribution in [0.5, 0.6) is 5.75 Å². The summed E-state index contributed by atoms with van der Waals surface area (Å²) < 4.78 is 7.06. The number of piperidine rings is 1. The zero-order valence-electron chi connectivity index (χ0n) is 18.9. The van der Waals surface area contributed by atoms with E-state index in [4.69, 9.17) is 4.74 Å². The number of carbonyl (C=O) groups is 2. The van der Waals surface area contributed by atoms with E-state index in [0.717, 1.165) is 37.9 Å². The van der Waals surface area contributed by atoms with Gasteiger partial charge in [-0.3, -0.25) is 9.59 Å². The van der Waals surface area contributed by atoms with Crippen LogP contribution in [-0.4, -0.2) is 52.5 Å². The molecule has 5 rings (SSSR count). The molecule has 1 saturated heterocycles. The lowest BCUT2D eigenvalue weighted by atomic mass is 10.1. The van der Waals surface area contributed by atoms with Crippen LogP contribution >= 0.6 is 0 Å². The van der Waals surface area contributed by atoms with Gasteiger partial charge in [-0.1, -0.05) is 42.0 Å². The van der Waals surface area contributed by atoms with Crippen LogP contribution in [0.2, 0.25) is 0 Å². The van der Waals surface area contributed by atoms with Gasteiger partial charge in [0.1, 0.15) is 6.61 Å². The van der Waals surface area contributed by atoms with Crippen molar-refractivity contribution in [2.24, 2.45) is 0 Å². The quantitative estimate of drug-likeness (QED) is 0.600. The molecule has 4 heterocycles. The Hall–Kier alpha value is -3.94. The first-order chi connectivity index (χ1) is 16.6. The molecule has 0 N–H and O–H groups in total. The zero-order valence-corrected chi connectivity index (χ0v) is 18.9. The monoisotopic (exact) mass is 456 g/mol. The standard InChI is InChI=1S/C26H26N5O3/c27-23-17-21(9-12-31(23)24(32)15-19-7-3-1-4-8-19)30-13-14-34-22-16-20(18-28-25(22)30)26(33)29-10-5-2-6-11-29/h1,3-4,7-9,12,16-18H,2,5-6,10-11,13-15H2/q-1. The first-order valence-corrected chi connectivity index (χ1v) is 11.6. The summed E-state index contributed by atoms with van der Waals surface area (Å²) in [5.74, 6) is 0.863. The molecule has 8 heteroatoms. The van der Waals surface area contributed by atoms with E-state index in [1.54, 1.807) is 30.6 Å². The largest absolute Gasteiger partial charge is 0.488 e. The van der Waals surface area contributed by atoms with Crippen molar-refractivity contribution in [3.63, 3.8) is 0 Å². The predicted molar refractivity (Wildman–Crippen MR) is 128 cm³/mol. The molecular formula is C26H26N5O3-. The molecule has 0 atom stereocenters. The third kappa shape index (κ3) is 4.44. The number of carbonyl (C=O) groups excluding carboxylic acids is 2. The summed E-state index contributed by atoms with van der Waals surface area (Å²) in [5, 5.41) is 10.6. The molecule has 1 aromatic carbocycles. The fraction of sp³-hybridized carbons (Fsp3) is 0.308. The van der Waals surface area contributed by atoms with Crippen LogP contribution in [-0.2, 0) is 6.42 Å². The van der Waals surface area contributed by atoms with Gasteiger partial charge in [0.15, 0.2) is 17.5 Å². The van der Waals surface area contributed by atoms with Crippen molar-refractivity contribution >= 4 is 23.3 Å². The predicted octanol–water partition coefficient (Wildman–Crippen LogP) is 3.39. The van der Waals surface area contributed by atoms with E-state index in [2.05, 4.69) is 4.98 Å². The summed E-state index contributed by atoms with van der Waals surface area (Å²) in [6.45, 7) is 2.49. The number of anilines is 2. The molecule has 0 spiro atoms. The second-order valence-electron chi connectivity index (χ2n) is 8.57. The summed E-state index contributed by atoms with van der Waals surface area (Å²) in [4.78, 5) is 33.9. The number of likely N-dealkylation sites (tertiary alicyclic amines) is 1. The fourth-order valence-corrected chi connectivity index (χ4v) is 4.46. The Morgan fingerprint density at radius 2 is 1.79 bits per heavy atom. The van der Waals surface area contributed by atoms with Gasteiger partial charge < -0.3 is 24.5 Å². The van der Waals surface area contributed by atoms with Crippen molar-refractivity contribution in [2.75, 3.05) is 31.1 Å². The average Bonchev–Trinajstić information content (AvgIpc) is 2.88. The number of hydrogen-bond donors (Lipinski definition) is 0. The molecular weight excluding hydrogens is 430 g/mol. The Morgan fingerprint density at radius 3 is 2.56 bits per heavy atom. The van der Waals surface area contributed by atoms with Gasteiger partial charge in [0.2, 0.25) is 0 Å². The van der Waals surface area contributed by atoms with Gasteiger partial charge in [-0.05, 0) is 43.0 Å². The number of ether oxygens (including phenoxy) is 1. The highest BCUT2D eigenvalue weighted by molar-refractivity contribution is 5.95. The topological polar surface area (TPSA) is 90.0 Å². The number of amides is 1. The van der Waals surface area contributed by atoms with Crippen molar-refractivity contribution in [1.82, 2.24) is 14.5 Å². The first-order valence-electron chi connectivity index (χ1n) is 11.6. The van der Waals surface area contributed by atoms with Crippen LogP contribution in [0.15, 0.2) is 60.9 Å². The molecule has 0 unspecified atom stereocenters. The minimum absolute atomic E-state index is 0.0222. The second kappa shape index (κ2) is 9.51. The van der Waals surface area contributed by atoms with Gasteiger partial charge in [-0.15, -0.1) is 0 Å². The van der Waals surface area contributed by atoms with Gasteiger partial charge in [-0.2, -0.15) is 0 Å². The molecule has 2 aromatic heterocycles. The lowest BCUT2D eigenvalue weighted by Crippen LogP contribution is -2.36. The van der Waals surface area contributed by atoms with Crippen molar-refractivity contribution in [3.05, 3.63) is 82.9 Å². The van der Waals surface area contributed by atoms with Crippen LogP contribution in [0.25, 0.3) is 5.41 Å². The van der Waals surface area contributed by atoms with E-state index < -0.39 is 0 Å². The molecule has 0 aliphatic carbocycles. The second-order valence-corrected chi connectivity index (χ2v) is 8.57. The Kier molecular flexibility index (Phi) is 6.12. The van der Waals surface area contributed by atoms with Gasteiger partial charge in [0.25, 0.3) is 5.91 Å². The van der Waals surface area contributed by atoms with Crippen molar-refractivity contribution in [3.8, 4) is 5.75 Å². The van der Waals surface area contributed by atoms with Crippen LogP contribution < -0.4 is 15.1 Å². The van der Waals surface area contributed by atoms with Gasteiger partial charge in [0, 0.05) is 31.4 Å². The van der Waals surface area contributed by atoms with Crippen LogP contribution in [0.3, 0.4) is 0 Å². The minimum Gasteiger partial charge on any atom is -0.488 e. The summed E-state index contributed by atoms with van der Waals surface area (Å²) in [5.41, 5.74) is 1.93. The number of benzene rings is 1. The first kappa shape index (κ1) is 21.9. The molecule has 0 saturated carbocycles. The number of hydrogen-bond acceptors (Lipinski definition) is 5. The summed E-state index contributed by atoms with van der Waals surface area (Å²) in [6, 6.07) is 14.5. The smallest absolute Gasteiger partial charge is 0.255 e. The summed E-state index contributed by atoms with van der Waals surface area (Å²) in [6.07, 6.45) is 6.56. The van der Waals surface area contributed by atoms with E-state index in [1.165, 1.54) is 4.57 Å². The highest BCUT2D eigenvalue weighted by Gasteiger charge is 2.25. The molecule has 0 radical (unpaired) electrons. The molecule has 3 aromatic rings. The zero-order chi connectivity index (χ0) is 23.5. The van der Waals surface area contributed by atoms with E-state index >= 15 is 0 Å². The van der Waals surface area contributed by atoms with Gasteiger partial charge in [-0.25, -0.2) is 4.98 Å². The molecule has 8 nitrogen and oxygen atoms in total. The third-order valence-electron chi connectivity index (χ3n) is 6.25. The average molecular weight is 457 g/mol. The third-order valence-corrected chi connectivity index (χ3v) is 6.25. The Labute approximate surface area is 197 Å². The Bertz CT molecular complexity index is 1260. The lowest BCUT2D eigenvalue weighted by molar-refractivity contribution is 0.0723. The molecule has 2 aliphatic heterocycles. The van der Waals surface area contributed by atoms with Gasteiger partial charge >= 0.3 is 0 Å². The van der Waals surface area contributed by atoms with Gasteiger partial charge in [0.05, 0.1) is 12.1 Å². The van der Waals surface area contributed by atoms with Crippen molar-refractivity contribution in [2.45, 2.75) is 25.7 Å². The van der Waals surface area contributed by atoms with E-state index in [-0.39, 0.29) is 23.7 Å². The number of fused-ring (bicyclic) bond motifs is 1. The summed E-state index contributed by atoms with van der Waals surface area (Å²) >= 11 is 0. The van der Waals surface area contributed by atoms with Crippen LogP contribution in [0.1, 0.15) is 40.0 Å². The van der Waals surface area contributed by atoms with Crippen molar-refractivity contribution < 1.29 is 14.3 Å². The van der Waals surface area contributed by atoms with Crippen LogP contribution in [0, 0.1) is 0 Å². The highest BCUT2D eigenvalue weighted by atomic mass is 16.5. The molecule has 0 bridgehead atoms. The lowest BCUT2D eigenvalue weighted by Gasteiger charge is -2.32. The maximum atomic E-state index is 12.9. The maximum absolute atomic E-state index is 12.9. The Balaban J connectivity index is 1.37. The number of nitrogens with zero attached hydrogens (tertiary/aromatic N) is 5. The van der Waals surface area contributed by atoms with Crippen molar-refractivity contribution in [1.29, 1.82) is 0 Å². The molecule has 2 aliphatic rings. The molecule has 1 fully saturated rings. The van der Waals surface area contributed by atoms with E-state index in [1.807, 2.05) is 40.1 Å². The molecule has 174 valence electrons. The minimum atomic E-state index is -0.225. The molecule has 34 heavy (non-hydrogen) atoms. The summed E-state index contributed by atoms with van der Waals surface area (Å²) in [7, 11) is 0. The maximum Gasteiger partial charge on any atom is 0.255 e. The van der Waals surface area contributed by atoms with Crippen LogP contribution in [0.4, 0.5) is 11.5 Å². The van der Waals surface area contributed by atoms with E-state index in [0.29, 0.717) is 36.0 Å². The highest BCUT2D eigenvalue weighted by Crippen LogP contribution is 2.35. The molecule has 1 amide bonds. The normalized spacial score (nSPS) is 15.4.